The summed E-state index contributed by atoms with van der Waals surface area (Å²) in [6.45, 7) is 0. The molecule has 0 atom stereocenters. The lowest BCUT2D eigenvalue weighted by Crippen LogP contribution is -2.13. The van der Waals surface area contributed by atoms with Crippen LogP contribution >= 0.6 is 27.7 Å². The van der Waals surface area contributed by atoms with Gasteiger partial charge < -0.3 is 5.11 Å². The molecule has 0 aliphatic carbocycles. The highest BCUT2D eigenvalue weighted by atomic mass is 79.9. The van der Waals surface area contributed by atoms with Crippen molar-refractivity contribution < 1.29 is 5.11 Å². The van der Waals surface area contributed by atoms with E-state index in [1.165, 1.54) is 11.8 Å². The molecule has 6 heteroatoms. The Morgan fingerprint density at radius 3 is 2.71 bits per heavy atom. The van der Waals surface area contributed by atoms with E-state index >= 15 is 0 Å². The lowest BCUT2D eigenvalue weighted by Gasteiger charge is -2.03. The number of aromatic hydroxyl groups is 1. The van der Waals surface area contributed by atoms with Crippen molar-refractivity contribution in [2.24, 2.45) is 10.1 Å². The van der Waals surface area contributed by atoms with Crippen LogP contribution in [-0.4, -0.2) is 22.7 Å². The van der Waals surface area contributed by atoms with Crippen LogP contribution in [-0.2, 0) is 0 Å². The molecule has 2 aromatic carbocycles. The first-order chi connectivity index (χ1) is 10.2. The van der Waals surface area contributed by atoms with Crippen molar-refractivity contribution in [2.75, 3.05) is 6.26 Å². The fourth-order valence-corrected chi connectivity index (χ4v) is 2.24. The number of hydrazone groups is 1. The van der Waals surface area contributed by atoms with Gasteiger partial charge in [0.2, 0.25) is 0 Å². The molecule has 0 fully saturated rings. The minimum atomic E-state index is 0.175. The van der Waals surface area contributed by atoms with E-state index in [1.807, 2.05) is 36.6 Å². The number of phenolic OH excluding ortho intramolecular Hbond substituents is 1. The Hall–Kier alpha value is -1.79. The summed E-state index contributed by atoms with van der Waals surface area (Å²) in [6, 6.07) is 14.8. The zero-order chi connectivity index (χ0) is 15.1. The van der Waals surface area contributed by atoms with E-state index in [-0.39, 0.29) is 5.75 Å². The lowest BCUT2D eigenvalue weighted by molar-refractivity contribution is 0.474. The quantitative estimate of drug-likeness (QED) is 0.489. The van der Waals surface area contributed by atoms with E-state index in [1.54, 1.807) is 24.4 Å². The van der Waals surface area contributed by atoms with Crippen LogP contribution < -0.4 is 5.43 Å². The lowest BCUT2D eigenvalue weighted by atomic mass is 10.2. The number of halogens is 1. The second-order valence-corrected chi connectivity index (χ2v) is 5.74. The van der Waals surface area contributed by atoms with Gasteiger partial charge in [-0.2, -0.15) is 5.10 Å². The van der Waals surface area contributed by atoms with Crippen molar-refractivity contribution >= 4 is 44.8 Å². The molecule has 0 saturated carbocycles. The van der Waals surface area contributed by atoms with Gasteiger partial charge in [0.1, 0.15) is 5.75 Å². The van der Waals surface area contributed by atoms with Gasteiger partial charge in [-0.15, -0.1) is 0 Å². The summed E-state index contributed by atoms with van der Waals surface area (Å²) in [5, 5.41) is 14.5. The molecule has 0 heterocycles. The molecule has 0 aliphatic heterocycles. The first-order valence-corrected chi connectivity index (χ1v) is 8.16. The molecule has 2 aromatic rings. The minimum absolute atomic E-state index is 0.175. The SMILES string of the molecule is CSC(=Nc1ccccc1)NN=Cc1cc(Br)ccc1O. The average Bonchev–Trinajstić information content (AvgIpc) is 2.50. The topological polar surface area (TPSA) is 57.0 Å². The molecule has 0 saturated heterocycles. The normalized spacial score (nSPS) is 11.8. The van der Waals surface area contributed by atoms with Crippen LogP contribution in [0, 0.1) is 0 Å². The van der Waals surface area contributed by atoms with Gasteiger partial charge in [-0.1, -0.05) is 45.9 Å². The Bertz CT molecular complexity index is 659. The van der Waals surface area contributed by atoms with Gasteiger partial charge in [0.25, 0.3) is 0 Å². The summed E-state index contributed by atoms with van der Waals surface area (Å²) >= 11 is 4.81. The number of aliphatic imine (C=N–C) groups is 1. The van der Waals surface area contributed by atoms with E-state index in [9.17, 15) is 5.11 Å². The molecule has 0 radical (unpaired) electrons. The second-order valence-electron chi connectivity index (χ2n) is 4.03. The molecule has 0 amide bonds. The maximum absolute atomic E-state index is 9.72. The van der Waals surface area contributed by atoms with Gasteiger partial charge in [-0.3, -0.25) is 5.43 Å². The summed E-state index contributed by atoms with van der Waals surface area (Å²) in [5.74, 6) is 0.175. The summed E-state index contributed by atoms with van der Waals surface area (Å²) in [5.41, 5.74) is 4.35. The Balaban J connectivity index is 2.08. The molecule has 0 aliphatic rings. The third-order valence-corrected chi connectivity index (χ3v) is 3.60. The molecular weight excluding hydrogens is 350 g/mol. The van der Waals surface area contributed by atoms with Crippen molar-refractivity contribution in [3.63, 3.8) is 0 Å². The number of para-hydroxylation sites is 1. The minimum Gasteiger partial charge on any atom is -0.507 e. The number of amidine groups is 1. The van der Waals surface area contributed by atoms with Crippen molar-refractivity contribution in [2.45, 2.75) is 0 Å². The Morgan fingerprint density at radius 1 is 1.24 bits per heavy atom. The highest BCUT2D eigenvalue weighted by Crippen LogP contribution is 2.20. The number of hydrogen-bond acceptors (Lipinski definition) is 4. The first-order valence-electron chi connectivity index (χ1n) is 6.14. The molecule has 0 aromatic heterocycles. The summed E-state index contributed by atoms with van der Waals surface area (Å²) in [7, 11) is 0. The van der Waals surface area contributed by atoms with Crippen LogP contribution in [0.25, 0.3) is 0 Å². The van der Waals surface area contributed by atoms with Crippen LogP contribution in [0.1, 0.15) is 5.56 Å². The largest absolute Gasteiger partial charge is 0.507 e. The van der Waals surface area contributed by atoms with Gasteiger partial charge >= 0.3 is 0 Å². The van der Waals surface area contributed by atoms with E-state index in [0.717, 1.165) is 10.2 Å². The number of rotatable bonds is 3. The second kappa shape index (κ2) is 7.85. The van der Waals surface area contributed by atoms with Crippen LogP contribution in [0.2, 0.25) is 0 Å². The molecule has 4 nitrogen and oxygen atoms in total. The van der Waals surface area contributed by atoms with Crippen LogP contribution in [0.15, 0.2) is 63.1 Å². The van der Waals surface area contributed by atoms with Gasteiger partial charge in [-0.25, -0.2) is 4.99 Å². The number of nitrogens with one attached hydrogen (secondary N) is 1. The maximum Gasteiger partial charge on any atom is 0.182 e. The average molecular weight is 364 g/mol. The fraction of sp³-hybridized carbons (Fsp3) is 0.0667. The van der Waals surface area contributed by atoms with E-state index in [4.69, 9.17) is 0 Å². The summed E-state index contributed by atoms with van der Waals surface area (Å²) in [6.07, 6.45) is 3.47. The van der Waals surface area contributed by atoms with E-state index in [2.05, 4.69) is 31.4 Å². The predicted molar refractivity (Wildman–Crippen MR) is 93.6 cm³/mol. The molecule has 0 unspecified atom stereocenters. The molecular formula is C15H14BrN3OS. The van der Waals surface area contributed by atoms with Crippen LogP contribution in [0.4, 0.5) is 5.69 Å². The van der Waals surface area contributed by atoms with Crippen LogP contribution in [0.5, 0.6) is 5.75 Å². The van der Waals surface area contributed by atoms with Crippen LogP contribution in [0.3, 0.4) is 0 Å². The van der Waals surface area contributed by atoms with Crippen molar-refractivity contribution in [1.29, 1.82) is 0 Å². The van der Waals surface area contributed by atoms with E-state index in [0.29, 0.717) is 10.7 Å². The number of nitrogens with zero attached hydrogens (tertiary/aromatic N) is 2. The Kier molecular flexibility index (Phi) is 5.83. The van der Waals surface area contributed by atoms with Gasteiger partial charge in [0.15, 0.2) is 5.17 Å². The number of phenols is 1. The number of benzene rings is 2. The number of hydrogen-bond donors (Lipinski definition) is 2. The van der Waals surface area contributed by atoms with Gasteiger partial charge in [0.05, 0.1) is 11.9 Å². The smallest absolute Gasteiger partial charge is 0.182 e. The molecule has 108 valence electrons. The molecule has 0 bridgehead atoms. The summed E-state index contributed by atoms with van der Waals surface area (Å²) < 4.78 is 0.879. The van der Waals surface area contributed by atoms with Gasteiger partial charge in [0, 0.05) is 10.0 Å². The van der Waals surface area contributed by atoms with Crippen molar-refractivity contribution in [3.8, 4) is 5.75 Å². The Morgan fingerprint density at radius 2 is 2.00 bits per heavy atom. The molecule has 0 spiro atoms. The molecule has 2 rings (SSSR count). The monoisotopic (exact) mass is 363 g/mol. The first kappa shape index (κ1) is 15.6. The van der Waals surface area contributed by atoms with Crippen molar-refractivity contribution in [3.05, 3.63) is 58.6 Å². The highest BCUT2D eigenvalue weighted by Gasteiger charge is 1.99. The molecule has 21 heavy (non-hydrogen) atoms. The fourth-order valence-electron chi connectivity index (χ4n) is 1.52. The zero-order valence-electron chi connectivity index (χ0n) is 11.3. The predicted octanol–water partition coefficient (Wildman–Crippen LogP) is 4.13. The standard InChI is InChI=1S/C15H14BrN3OS/c1-21-15(18-13-5-3-2-4-6-13)19-17-10-11-9-12(16)7-8-14(11)20/h2-10,20H,1H3,(H,18,19). The van der Waals surface area contributed by atoms with Crippen molar-refractivity contribution in [1.82, 2.24) is 5.43 Å². The summed E-state index contributed by atoms with van der Waals surface area (Å²) in [4.78, 5) is 4.43. The molecule has 2 N–H and O–H groups in total. The van der Waals surface area contributed by atoms with Gasteiger partial charge in [-0.05, 0) is 36.6 Å². The third kappa shape index (κ3) is 4.91. The third-order valence-electron chi connectivity index (χ3n) is 2.53. The zero-order valence-corrected chi connectivity index (χ0v) is 13.7. The Labute approximate surface area is 136 Å². The highest BCUT2D eigenvalue weighted by molar-refractivity contribution is 9.10. The number of thioether (sulfide) groups is 1. The maximum atomic E-state index is 9.72. The van der Waals surface area contributed by atoms with E-state index < -0.39 is 0 Å².